The van der Waals surface area contributed by atoms with Gasteiger partial charge in [-0.3, -0.25) is 9.59 Å². The third kappa shape index (κ3) is 4.12. The van der Waals surface area contributed by atoms with Crippen LogP contribution in [-0.4, -0.2) is 60.1 Å². The van der Waals surface area contributed by atoms with Crippen molar-refractivity contribution >= 4 is 18.0 Å². The molecule has 8 rings (SSSR count). The van der Waals surface area contributed by atoms with E-state index in [0.29, 0.717) is 51.0 Å². The molecule has 0 unspecified atom stereocenters. The van der Waals surface area contributed by atoms with Crippen LogP contribution in [0.4, 0.5) is 4.79 Å². The number of benzene rings is 1. The van der Waals surface area contributed by atoms with E-state index < -0.39 is 0 Å². The Morgan fingerprint density at radius 3 is 2.26 bits per heavy atom. The van der Waals surface area contributed by atoms with Crippen molar-refractivity contribution in [3.8, 4) is 0 Å². The maximum absolute atomic E-state index is 13.5. The highest BCUT2D eigenvalue weighted by molar-refractivity contribution is 5.90. The molecule has 2 heterocycles. The molecule has 2 aliphatic heterocycles. The first-order chi connectivity index (χ1) is 18.4. The minimum absolute atomic E-state index is 0.0701. The predicted molar refractivity (Wildman–Crippen MR) is 140 cm³/mol. The summed E-state index contributed by atoms with van der Waals surface area (Å²) < 4.78 is 11.4. The fourth-order valence-electron chi connectivity index (χ4n) is 9.06. The molecule has 38 heavy (non-hydrogen) atoms. The molecule has 1 aromatic rings. The van der Waals surface area contributed by atoms with Gasteiger partial charge in [-0.1, -0.05) is 24.3 Å². The second kappa shape index (κ2) is 9.27. The van der Waals surface area contributed by atoms with E-state index in [1.165, 1.54) is 43.2 Å². The Hall–Kier alpha value is -2.57. The number of nitrogens with zero attached hydrogens (tertiary/aromatic N) is 2. The van der Waals surface area contributed by atoms with Gasteiger partial charge >= 0.3 is 12.1 Å². The van der Waals surface area contributed by atoms with Crippen molar-refractivity contribution in [2.24, 2.45) is 35.5 Å². The molecular formula is C31H40N2O5. The Labute approximate surface area is 225 Å². The molecule has 204 valence electrons. The van der Waals surface area contributed by atoms with E-state index >= 15 is 0 Å². The molecule has 4 bridgehead atoms. The van der Waals surface area contributed by atoms with Crippen LogP contribution in [0.3, 0.4) is 0 Å². The number of rotatable bonds is 4. The van der Waals surface area contributed by atoms with Crippen LogP contribution in [0, 0.1) is 35.5 Å². The Kier molecular flexibility index (Phi) is 5.97. The van der Waals surface area contributed by atoms with Gasteiger partial charge in [0.1, 0.15) is 6.10 Å². The van der Waals surface area contributed by atoms with Crippen molar-refractivity contribution in [3.05, 3.63) is 35.4 Å². The standard InChI is InChI=1S/C31H40N2O5/c1-2-37-29(35)25-16-24(25)28(34)33-17-21-5-3-4-6-26(21)31(18-33)7-9-32(10-8-31)30(36)38-27-22-12-19-11-20(14-22)15-23(27)13-19/h3-6,19-20,22-25,27H,2,7-18H2,1H3/t19?,20?,22?,23?,24-,25-,27?/m1/s1. The van der Waals surface area contributed by atoms with Crippen LogP contribution in [0.15, 0.2) is 24.3 Å². The van der Waals surface area contributed by atoms with Crippen molar-refractivity contribution in [1.29, 1.82) is 0 Å². The molecule has 7 heteroatoms. The molecule has 5 saturated carbocycles. The number of ether oxygens (including phenoxy) is 2. The van der Waals surface area contributed by atoms with E-state index in [1.807, 2.05) is 15.9 Å². The molecule has 2 amide bonds. The van der Waals surface area contributed by atoms with E-state index in [4.69, 9.17) is 9.47 Å². The lowest BCUT2D eigenvalue weighted by Crippen LogP contribution is -2.55. The van der Waals surface area contributed by atoms with Gasteiger partial charge < -0.3 is 19.3 Å². The number of esters is 1. The summed E-state index contributed by atoms with van der Waals surface area (Å²) in [5, 5.41) is 0. The van der Waals surface area contributed by atoms with Gasteiger partial charge in [-0.05, 0) is 93.1 Å². The molecule has 5 aliphatic carbocycles. The molecule has 1 spiro atoms. The number of amides is 2. The Morgan fingerprint density at radius 1 is 0.895 bits per heavy atom. The molecule has 0 radical (unpaired) electrons. The number of likely N-dealkylation sites (tertiary alicyclic amines) is 1. The molecular weight excluding hydrogens is 480 g/mol. The van der Waals surface area contributed by atoms with Gasteiger partial charge in [0.25, 0.3) is 0 Å². The summed E-state index contributed by atoms with van der Waals surface area (Å²) in [6, 6.07) is 8.46. The molecule has 7 nitrogen and oxygen atoms in total. The molecule has 1 aromatic carbocycles. The maximum atomic E-state index is 13.5. The second-order valence-electron chi connectivity index (χ2n) is 13.1. The summed E-state index contributed by atoms with van der Waals surface area (Å²) in [6.45, 7) is 4.68. The summed E-state index contributed by atoms with van der Waals surface area (Å²) in [4.78, 5) is 42.8. The van der Waals surface area contributed by atoms with Crippen LogP contribution in [0.25, 0.3) is 0 Å². The number of fused-ring (bicyclic) bond motifs is 2. The number of hydrogen-bond donors (Lipinski definition) is 0. The SMILES string of the molecule is CCOC(=O)[C@@H]1C[C@H]1C(=O)N1Cc2ccccc2C2(CCN(C(=O)OC3C4CC5CC(C4)CC3C5)CC2)C1. The summed E-state index contributed by atoms with van der Waals surface area (Å²) in [5.41, 5.74) is 2.33. The minimum Gasteiger partial charge on any atom is -0.466 e. The molecule has 0 N–H and O–H groups in total. The number of carbonyl (C=O) groups excluding carboxylic acids is 3. The summed E-state index contributed by atoms with van der Waals surface area (Å²) in [7, 11) is 0. The highest BCUT2D eigenvalue weighted by atomic mass is 16.6. The van der Waals surface area contributed by atoms with Crippen LogP contribution >= 0.6 is 0 Å². The lowest BCUT2D eigenvalue weighted by molar-refractivity contribution is -0.147. The highest BCUT2D eigenvalue weighted by Crippen LogP contribution is 2.55. The molecule has 6 fully saturated rings. The number of carbonyl (C=O) groups is 3. The molecule has 7 aliphatic rings. The zero-order valence-electron chi connectivity index (χ0n) is 22.5. The van der Waals surface area contributed by atoms with Gasteiger partial charge in [0.05, 0.1) is 18.4 Å². The Morgan fingerprint density at radius 2 is 1.58 bits per heavy atom. The van der Waals surface area contributed by atoms with Gasteiger partial charge in [0.15, 0.2) is 0 Å². The lowest BCUT2D eigenvalue weighted by atomic mass is 9.55. The van der Waals surface area contributed by atoms with Gasteiger partial charge in [0, 0.05) is 31.6 Å². The minimum atomic E-state index is -0.294. The van der Waals surface area contributed by atoms with Crippen molar-refractivity contribution < 1.29 is 23.9 Å². The second-order valence-corrected chi connectivity index (χ2v) is 13.1. The Bertz CT molecular complexity index is 1100. The fourth-order valence-corrected chi connectivity index (χ4v) is 9.06. The van der Waals surface area contributed by atoms with Crippen molar-refractivity contribution in [1.82, 2.24) is 9.80 Å². The molecule has 2 atom stereocenters. The van der Waals surface area contributed by atoms with Crippen molar-refractivity contribution in [2.75, 3.05) is 26.2 Å². The summed E-state index contributed by atoms with van der Waals surface area (Å²) >= 11 is 0. The summed E-state index contributed by atoms with van der Waals surface area (Å²) in [5.74, 6) is 2.13. The average Bonchev–Trinajstić information content (AvgIpc) is 3.72. The first kappa shape index (κ1) is 24.5. The van der Waals surface area contributed by atoms with Crippen molar-refractivity contribution in [2.45, 2.75) is 76.4 Å². The van der Waals surface area contributed by atoms with Crippen LogP contribution in [0.1, 0.15) is 69.4 Å². The average molecular weight is 521 g/mol. The smallest absolute Gasteiger partial charge is 0.410 e. The van der Waals surface area contributed by atoms with Gasteiger partial charge in [-0.15, -0.1) is 0 Å². The van der Waals surface area contributed by atoms with E-state index in [9.17, 15) is 14.4 Å². The molecule has 1 saturated heterocycles. The van der Waals surface area contributed by atoms with Crippen LogP contribution in [0.2, 0.25) is 0 Å². The third-order valence-electron chi connectivity index (χ3n) is 10.8. The summed E-state index contributed by atoms with van der Waals surface area (Å²) in [6.07, 6.45) is 8.57. The van der Waals surface area contributed by atoms with E-state index in [0.717, 1.165) is 24.7 Å². The third-order valence-corrected chi connectivity index (χ3v) is 10.8. The Balaban J connectivity index is 1.02. The van der Waals surface area contributed by atoms with Crippen LogP contribution in [-0.2, 0) is 31.0 Å². The monoisotopic (exact) mass is 520 g/mol. The normalized spacial score (nSPS) is 36.1. The highest BCUT2D eigenvalue weighted by Gasteiger charge is 2.53. The van der Waals surface area contributed by atoms with Crippen molar-refractivity contribution in [3.63, 3.8) is 0 Å². The lowest BCUT2D eigenvalue weighted by Gasteiger charge is -2.54. The zero-order valence-corrected chi connectivity index (χ0v) is 22.5. The first-order valence-corrected chi connectivity index (χ1v) is 14.9. The number of piperidine rings is 1. The van der Waals surface area contributed by atoms with E-state index in [2.05, 4.69) is 18.2 Å². The first-order valence-electron chi connectivity index (χ1n) is 14.9. The van der Waals surface area contributed by atoms with Gasteiger partial charge in [-0.2, -0.15) is 0 Å². The predicted octanol–water partition coefficient (Wildman–Crippen LogP) is 4.52. The maximum Gasteiger partial charge on any atom is 0.410 e. The van der Waals surface area contributed by atoms with E-state index in [-0.39, 0.29) is 41.3 Å². The largest absolute Gasteiger partial charge is 0.466 e. The molecule has 0 aromatic heterocycles. The zero-order chi connectivity index (χ0) is 26.0. The topological polar surface area (TPSA) is 76.2 Å². The van der Waals surface area contributed by atoms with Gasteiger partial charge in [0.2, 0.25) is 5.91 Å². The fraction of sp³-hybridized carbons (Fsp3) is 0.710. The quantitative estimate of drug-likeness (QED) is 0.546. The van der Waals surface area contributed by atoms with Crippen LogP contribution < -0.4 is 0 Å². The van der Waals surface area contributed by atoms with Crippen LogP contribution in [0.5, 0.6) is 0 Å². The van der Waals surface area contributed by atoms with E-state index in [1.54, 1.807) is 6.92 Å². The van der Waals surface area contributed by atoms with Gasteiger partial charge in [-0.25, -0.2) is 4.79 Å². The number of hydrogen-bond acceptors (Lipinski definition) is 5.